The van der Waals surface area contributed by atoms with Crippen LogP contribution >= 0.6 is 0 Å². The minimum atomic E-state index is -1.63. The standard InChI is InChI=1S/C44H42O4S/c1-31-7-13-34(14-8-31)43(2,3)35-15-9-32(10-16-35)33-11-17-36(18-12-33)44(4,5)37-19-21-39(22-20-37)47-40-23-25-41(26-24-40)48-49(45)42-29-27-38(46-6)28-30-42/h7-30H,1-6H3. The molecule has 0 bridgehead atoms. The van der Waals surface area contributed by atoms with Gasteiger partial charge in [0.05, 0.1) is 12.0 Å². The van der Waals surface area contributed by atoms with Gasteiger partial charge in [0, 0.05) is 10.8 Å². The van der Waals surface area contributed by atoms with Crippen LogP contribution in [0.25, 0.3) is 11.1 Å². The number of ether oxygens (including phenoxy) is 2. The zero-order valence-corrected chi connectivity index (χ0v) is 29.7. The van der Waals surface area contributed by atoms with E-state index in [0.717, 1.165) is 5.75 Å². The third-order valence-electron chi connectivity index (χ3n) is 9.38. The van der Waals surface area contributed by atoms with Crippen molar-refractivity contribution in [1.29, 1.82) is 0 Å². The molecule has 4 nitrogen and oxygen atoms in total. The van der Waals surface area contributed by atoms with E-state index in [1.165, 1.54) is 38.9 Å². The quantitative estimate of drug-likeness (QED) is 0.138. The first kappa shape index (κ1) is 33.8. The summed E-state index contributed by atoms with van der Waals surface area (Å²) in [6, 6.07) is 49.0. The summed E-state index contributed by atoms with van der Waals surface area (Å²) in [5.41, 5.74) is 8.48. The Morgan fingerprint density at radius 2 is 0.796 bits per heavy atom. The van der Waals surface area contributed by atoms with E-state index >= 15 is 0 Å². The van der Waals surface area contributed by atoms with E-state index in [-0.39, 0.29) is 10.8 Å². The van der Waals surface area contributed by atoms with E-state index in [1.807, 2.05) is 12.1 Å². The Morgan fingerprint density at radius 1 is 0.449 bits per heavy atom. The van der Waals surface area contributed by atoms with Crippen LogP contribution in [0.2, 0.25) is 0 Å². The van der Waals surface area contributed by atoms with Gasteiger partial charge >= 0.3 is 0 Å². The van der Waals surface area contributed by atoms with Crippen molar-refractivity contribution in [3.63, 3.8) is 0 Å². The van der Waals surface area contributed by atoms with Gasteiger partial charge in [-0.3, -0.25) is 0 Å². The van der Waals surface area contributed by atoms with E-state index in [4.69, 9.17) is 13.7 Å². The highest BCUT2D eigenvalue weighted by atomic mass is 32.2. The molecule has 0 aliphatic carbocycles. The fraction of sp³-hybridized carbons (Fsp3) is 0.182. The molecule has 0 fully saturated rings. The van der Waals surface area contributed by atoms with Crippen LogP contribution in [0.15, 0.2) is 150 Å². The SMILES string of the molecule is COc1ccc(S(=O)Oc2ccc(Oc3ccc(C(C)(C)c4ccc(-c5ccc(C(C)(C)c6ccc(C)cc6)cc5)cc4)cc3)cc2)cc1. The Hall–Kier alpha value is -5.13. The Bertz CT molecular complexity index is 2010. The second kappa shape index (κ2) is 14.2. The lowest BCUT2D eigenvalue weighted by atomic mass is 9.77. The molecule has 248 valence electrons. The molecule has 0 saturated carbocycles. The lowest BCUT2D eigenvalue weighted by Crippen LogP contribution is -2.19. The Morgan fingerprint density at radius 3 is 1.22 bits per heavy atom. The van der Waals surface area contributed by atoms with Gasteiger partial charge in [-0.2, -0.15) is 0 Å². The molecule has 0 aliphatic rings. The lowest BCUT2D eigenvalue weighted by molar-refractivity contribution is 0.414. The summed E-state index contributed by atoms with van der Waals surface area (Å²) < 4.78 is 29.5. The van der Waals surface area contributed by atoms with Gasteiger partial charge in [-0.25, -0.2) is 4.21 Å². The van der Waals surface area contributed by atoms with Crippen LogP contribution in [0, 0.1) is 6.92 Å². The fourth-order valence-electron chi connectivity index (χ4n) is 5.92. The Balaban J connectivity index is 1.08. The van der Waals surface area contributed by atoms with Crippen LogP contribution in [0.4, 0.5) is 0 Å². The molecule has 0 radical (unpaired) electrons. The number of aryl methyl sites for hydroxylation is 1. The maximum Gasteiger partial charge on any atom is 0.240 e. The van der Waals surface area contributed by atoms with Gasteiger partial charge in [-0.05, 0) is 101 Å². The number of hydrogen-bond acceptors (Lipinski definition) is 4. The first-order chi connectivity index (χ1) is 23.5. The number of rotatable bonds is 11. The van der Waals surface area contributed by atoms with E-state index in [9.17, 15) is 4.21 Å². The summed E-state index contributed by atoms with van der Waals surface area (Å²) in [5, 5.41) is 0. The highest BCUT2D eigenvalue weighted by molar-refractivity contribution is 7.80. The summed E-state index contributed by atoms with van der Waals surface area (Å²) in [7, 11) is 1.59. The van der Waals surface area contributed by atoms with Gasteiger partial charge in [0.2, 0.25) is 11.1 Å². The Labute approximate surface area is 293 Å². The second-order valence-corrected chi connectivity index (χ2v) is 14.5. The van der Waals surface area contributed by atoms with Crippen molar-refractivity contribution in [2.45, 2.75) is 50.3 Å². The third kappa shape index (κ3) is 7.63. The van der Waals surface area contributed by atoms with Crippen LogP contribution < -0.4 is 13.7 Å². The van der Waals surface area contributed by atoms with Crippen molar-refractivity contribution in [3.05, 3.63) is 173 Å². The van der Waals surface area contributed by atoms with Crippen LogP contribution in [0.5, 0.6) is 23.0 Å². The second-order valence-electron chi connectivity index (χ2n) is 13.4. The van der Waals surface area contributed by atoms with Crippen LogP contribution in [0.3, 0.4) is 0 Å². The maximum atomic E-state index is 12.6. The van der Waals surface area contributed by atoms with Gasteiger partial charge in [0.1, 0.15) is 23.0 Å². The smallest absolute Gasteiger partial charge is 0.240 e. The largest absolute Gasteiger partial charge is 0.497 e. The topological polar surface area (TPSA) is 44.8 Å². The molecule has 1 unspecified atom stereocenters. The van der Waals surface area contributed by atoms with Crippen LogP contribution in [-0.4, -0.2) is 11.3 Å². The average Bonchev–Trinajstić information content (AvgIpc) is 3.13. The zero-order chi connectivity index (χ0) is 34.6. The van der Waals surface area contributed by atoms with Gasteiger partial charge in [0.25, 0.3) is 0 Å². The molecule has 0 aliphatic heterocycles. The highest BCUT2D eigenvalue weighted by Gasteiger charge is 2.24. The van der Waals surface area contributed by atoms with Crippen molar-refractivity contribution in [2.24, 2.45) is 0 Å². The predicted molar refractivity (Wildman–Crippen MR) is 200 cm³/mol. The molecule has 0 aromatic heterocycles. The molecule has 0 heterocycles. The summed E-state index contributed by atoms with van der Waals surface area (Å²) in [6.45, 7) is 11.2. The summed E-state index contributed by atoms with van der Waals surface area (Å²) in [6.07, 6.45) is 0. The Kier molecular flexibility index (Phi) is 9.75. The van der Waals surface area contributed by atoms with E-state index in [2.05, 4.69) is 120 Å². The molecule has 6 rings (SSSR count). The zero-order valence-electron chi connectivity index (χ0n) is 28.9. The molecule has 0 amide bonds. The van der Waals surface area contributed by atoms with Crippen LogP contribution in [0.1, 0.15) is 55.5 Å². The minimum absolute atomic E-state index is 0.0677. The molecule has 0 saturated heterocycles. The van der Waals surface area contributed by atoms with Gasteiger partial charge in [0.15, 0.2) is 0 Å². The third-order valence-corrected chi connectivity index (χ3v) is 10.4. The first-order valence-corrected chi connectivity index (χ1v) is 17.5. The molecular weight excluding hydrogens is 625 g/mol. The lowest BCUT2D eigenvalue weighted by Gasteiger charge is -2.27. The van der Waals surface area contributed by atoms with E-state index in [0.29, 0.717) is 22.1 Å². The molecule has 6 aromatic carbocycles. The monoisotopic (exact) mass is 666 g/mol. The normalized spacial score (nSPS) is 12.3. The fourth-order valence-corrected chi connectivity index (χ4v) is 6.66. The van der Waals surface area contributed by atoms with Crippen molar-refractivity contribution in [1.82, 2.24) is 0 Å². The van der Waals surface area contributed by atoms with Crippen molar-refractivity contribution < 1.29 is 17.9 Å². The number of benzene rings is 6. The van der Waals surface area contributed by atoms with Crippen LogP contribution in [-0.2, 0) is 21.9 Å². The van der Waals surface area contributed by atoms with Crippen molar-refractivity contribution >= 4 is 11.1 Å². The summed E-state index contributed by atoms with van der Waals surface area (Å²) in [5.74, 6) is 2.59. The highest BCUT2D eigenvalue weighted by Crippen LogP contribution is 2.36. The maximum absolute atomic E-state index is 12.6. The number of hydrogen-bond donors (Lipinski definition) is 0. The predicted octanol–water partition coefficient (Wildman–Crippen LogP) is 11.2. The van der Waals surface area contributed by atoms with E-state index in [1.54, 1.807) is 55.6 Å². The first-order valence-electron chi connectivity index (χ1n) is 16.4. The van der Waals surface area contributed by atoms with Crippen molar-refractivity contribution in [2.75, 3.05) is 7.11 Å². The molecular formula is C44H42O4S. The molecule has 5 heteroatoms. The molecule has 49 heavy (non-hydrogen) atoms. The van der Waals surface area contributed by atoms with E-state index < -0.39 is 11.1 Å². The number of methoxy groups -OCH3 is 1. The van der Waals surface area contributed by atoms with Gasteiger partial charge < -0.3 is 13.7 Å². The molecule has 0 spiro atoms. The van der Waals surface area contributed by atoms with Gasteiger partial charge in [-0.1, -0.05) is 118 Å². The molecule has 6 aromatic rings. The molecule has 0 N–H and O–H groups in total. The van der Waals surface area contributed by atoms with Crippen molar-refractivity contribution in [3.8, 4) is 34.1 Å². The summed E-state index contributed by atoms with van der Waals surface area (Å²) in [4.78, 5) is 0.559. The average molecular weight is 667 g/mol. The molecule has 1 atom stereocenters. The van der Waals surface area contributed by atoms with Gasteiger partial charge in [-0.15, -0.1) is 0 Å². The summed E-state index contributed by atoms with van der Waals surface area (Å²) >= 11 is -1.63. The minimum Gasteiger partial charge on any atom is -0.497 e.